The van der Waals surface area contributed by atoms with Crippen molar-refractivity contribution < 1.29 is 9.90 Å². The molecule has 0 saturated heterocycles. The van der Waals surface area contributed by atoms with Gasteiger partial charge in [0, 0.05) is 33.2 Å². The van der Waals surface area contributed by atoms with E-state index >= 15 is 0 Å². The van der Waals surface area contributed by atoms with Crippen LogP contribution < -0.4 is 5.32 Å². The highest BCUT2D eigenvalue weighted by atomic mass is 32.1. The zero-order chi connectivity index (χ0) is 13.5. The van der Waals surface area contributed by atoms with Gasteiger partial charge in [0.2, 0.25) is 0 Å². The molecule has 1 amide bonds. The van der Waals surface area contributed by atoms with E-state index < -0.39 is 0 Å². The fourth-order valence-corrected chi connectivity index (χ4v) is 2.81. The lowest BCUT2D eigenvalue weighted by Gasteiger charge is -2.00. The Morgan fingerprint density at radius 2 is 2.32 bits per heavy atom. The van der Waals surface area contributed by atoms with Crippen LogP contribution in [0.1, 0.15) is 27.2 Å². The first-order valence-corrected chi connectivity index (χ1v) is 7.59. The smallest absolute Gasteiger partial charge is 0.252 e. The molecule has 19 heavy (non-hydrogen) atoms. The summed E-state index contributed by atoms with van der Waals surface area (Å²) < 4.78 is 0. The van der Waals surface area contributed by atoms with Gasteiger partial charge in [-0.2, -0.15) is 11.3 Å². The van der Waals surface area contributed by atoms with Gasteiger partial charge in [-0.3, -0.25) is 4.79 Å². The van der Waals surface area contributed by atoms with Crippen LogP contribution in [-0.4, -0.2) is 17.6 Å². The SMILES string of the molecule is O=C(NCc1cc(C#CCCO)cs1)c1ccsc1. The van der Waals surface area contributed by atoms with Crippen molar-refractivity contribution in [1.29, 1.82) is 0 Å². The molecule has 0 aromatic carbocycles. The van der Waals surface area contributed by atoms with Crippen molar-refractivity contribution >= 4 is 28.6 Å². The lowest BCUT2D eigenvalue weighted by molar-refractivity contribution is 0.0952. The van der Waals surface area contributed by atoms with Gasteiger partial charge in [0.1, 0.15) is 0 Å². The van der Waals surface area contributed by atoms with E-state index in [1.165, 1.54) is 11.3 Å². The van der Waals surface area contributed by atoms with Crippen LogP contribution in [0.4, 0.5) is 0 Å². The number of thiophene rings is 2. The number of carbonyl (C=O) groups is 1. The average Bonchev–Trinajstić information content (AvgIpc) is 3.08. The Balaban J connectivity index is 1.87. The van der Waals surface area contributed by atoms with Gasteiger partial charge in [0.25, 0.3) is 5.91 Å². The topological polar surface area (TPSA) is 49.3 Å². The molecule has 98 valence electrons. The van der Waals surface area contributed by atoms with Crippen LogP contribution in [0.2, 0.25) is 0 Å². The van der Waals surface area contributed by atoms with E-state index in [1.807, 2.05) is 22.2 Å². The molecule has 5 heteroatoms. The van der Waals surface area contributed by atoms with Crippen LogP contribution >= 0.6 is 22.7 Å². The molecule has 0 unspecified atom stereocenters. The Kier molecular flexibility index (Phi) is 5.16. The summed E-state index contributed by atoms with van der Waals surface area (Å²) in [5.41, 5.74) is 1.63. The molecule has 0 aliphatic carbocycles. The minimum absolute atomic E-state index is 0.0532. The number of rotatable bonds is 4. The molecule has 0 radical (unpaired) electrons. The van der Waals surface area contributed by atoms with Gasteiger partial charge < -0.3 is 10.4 Å². The minimum Gasteiger partial charge on any atom is -0.395 e. The molecule has 2 aromatic rings. The normalized spacial score (nSPS) is 9.74. The summed E-state index contributed by atoms with van der Waals surface area (Å²) in [5, 5.41) is 17.2. The summed E-state index contributed by atoms with van der Waals surface area (Å²) >= 11 is 3.08. The first-order chi connectivity index (χ1) is 9.29. The van der Waals surface area contributed by atoms with Crippen molar-refractivity contribution in [2.45, 2.75) is 13.0 Å². The van der Waals surface area contributed by atoms with Crippen LogP contribution in [-0.2, 0) is 6.54 Å². The predicted molar refractivity (Wildman–Crippen MR) is 78.4 cm³/mol. The number of hydrogen-bond acceptors (Lipinski definition) is 4. The molecule has 0 saturated carbocycles. The molecular formula is C14H13NO2S2. The van der Waals surface area contributed by atoms with Crippen LogP contribution in [0.3, 0.4) is 0 Å². The number of aliphatic hydroxyl groups excluding tert-OH is 1. The third-order valence-electron chi connectivity index (χ3n) is 2.33. The van der Waals surface area contributed by atoms with Crippen molar-refractivity contribution in [2.24, 2.45) is 0 Å². The monoisotopic (exact) mass is 291 g/mol. The van der Waals surface area contributed by atoms with E-state index in [2.05, 4.69) is 17.2 Å². The second-order valence-corrected chi connectivity index (χ2v) is 5.55. The summed E-state index contributed by atoms with van der Waals surface area (Å²) in [6.07, 6.45) is 0.486. The third-order valence-corrected chi connectivity index (χ3v) is 3.95. The van der Waals surface area contributed by atoms with Gasteiger partial charge in [0.05, 0.1) is 13.2 Å². The second kappa shape index (κ2) is 7.10. The van der Waals surface area contributed by atoms with E-state index in [9.17, 15) is 4.79 Å². The maximum atomic E-state index is 11.7. The van der Waals surface area contributed by atoms with Gasteiger partial charge in [-0.15, -0.1) is 11.3 Å². The summed E-state index contributed by atoms with van der Waals surface area (Å²) in [7, 11) is 0. The Morgan fingerprint density at radius 1 is 1.42 bits per heavy atom. The fraction of sp³-hybridized carbons (Fsp3) is 0.214. The standard InChI is InChI=1S/C14H13NO2S2/c16-5-2-1-3-11-7-13(19-9-11)8-15-14(17)12-4-6-18-10-12/h4,6-7,9-10,16H,2,5,8H2,(H,15,17). The Morgan fingerprint density at radius 3 is 3.05 bits per heavy atom. The number of hydrogen-bond donors (Lipinski definition) is 2. The maximum Gasteiger partial charge on any atom is 0.252 e. The first kappa shape index (κ1) is 13.8. The molecule has 2 aromatic heterocycles. The molecule has 2 N–H and O–H groups in total. The summed E-state index contributed by atoms with van der Waals surface area (Å²) in [6.45, 7) is 0.599. The molecule has 0 atom stereocenters. The lowest BCUT2D eigenvalue weighted by Crippen LogP contribution is -2.21. The van der Waals surface area contributed by atoms with Crippen LogP contribution in [0.15, 0.2) is 28.3 Å². The zero-order valence-corrected chi connectivity index (χ0v) is 11.8. The molecule has 0 fully saturated rings. The first-order valence-electron chi connectivity index (χ1n) is 5.77. The molecule has 0 spiro atoms. The molecule has 2 rings (SSSR count). The van der Waals surface area contributed by atoms with Crippen LogP contribution in [0, 0.1) is 11.8 Å². The molecule has 0 aliphatic heterocycles. The highest BCUT2D eigenvalue weighted by molar-refractivity contribution is 7.10. The molecule has 0 bridgehead atoms. The highest BCUT2D eigenvalue weighted by Gasteiger charge is 2.05. The van der Waals surface area contributed by atoms with Gasteiger partial charge in [0.15, 0.2) is 0 Å². The number of nitrogens with one attached hydrogen (secondary N) is 1. The predicted octanol–water partition coefficient (Wildman–Crippen LogP) is 2.47. The number of amides is 1. The Labute approximate surface area is 119 Å². The van der Waals surface area contributed by atoms with Crippen LogP contribution in [0.5, 0.6) is 0 Å². The van der Waals surface area contributed by atoms with Crippen molar-refractivity contribution in [3.63, 3.8) is 0 Å². The number of carbonyl (C=O) groups excluding carboxylic acids is 1. The molecule has 3 nitrogen and oxygen atoms in total. The fourth-order valence-electron chi connectivity index (χ4n) is 1.42. The van der Waals surface area contributed by atoms with E-state index in [-0.39, 0.29) is 12.5 Å². The van der Waals surface area contributed by atoms with Crippen molar-refractivity contribution in [3.8, 4) is 11.8 Å². The molecular weight excluding hydrogens is 278 g/mol. The van der Waals surface area contributed by atoms with Gasteiger partial charge in [-0.05, 0) is 17.5 Å². The largest absolute Gasteiger partial charge is 0.395 e. The van der Waals surface area contributed by atoms with Gasteiger partial charge in [-0.25, -0.2) is 0 Å². The lowest BCUT2D eigenvalue weighted by atomic mass is 10.3. The van der Waals surface area contributed by atoms with Gasteiger partial charge in [-0.1, -0.05) is 11.8 Å². The zero-order valence-electron chi connectivity index (χ0n) is 10.2. The van der Waals surface area contributed by atoms with Crippen molar-refractivity contribution in [3.05, 3.63) is 44.3 Å². The van der Waals surface area contributed by atoms with E-state index in [0.29, 0.717) is 18.5 Å². The van der Waals surface area contributed by atoms with Gasteiger partial charge >= 0.3 is 0 Å². The second-order valence-electron chi connectivity index (χ2n) is 3.77. The average molecular weight is 291 g/mol. The van der Waals surface area contributed by atoms with E-state index in [1.54, 1.807) is 17.4 Å². The Bertz CT molecular complexity index is 590. The van der Waals surface area contributed by atoms with Crippen molar-refractivity contribution in [2.75, 3.05) is 6.61 Å². The molecule has 0 aliphatic rings. The quantitative estimate of drug-likeness (QED) is 0.850. The van der Waals surface area contributed by atoms with Crippen molar-refractivity contribution in [1.82, 2.24) is 5.32 Å². The highest BCUT2D eigenvalue weighted by Crippen LogP contribution is 2.14. The summed E-state index contributed by atoms with van der Waals surface area (Å²) in [6, 6.07) is 3.77. The third kappa shape index (κ3) is 4.21. The number of aliphatic hydroxyl groups is 1. The molecule has 2 heterocycles. The Hall–Kier alpha value is -1.61. The minimum atomic E-state index is -0.0532. The summed E-state index contributed by atoms with van der Waals surface area (Å²) in [5.74, 6) is 5.79. The maximum absolute atomic E-state index is 11.7. The summed E-state index contributed by atoms with van der Waals surface area (Å²) in [4.78, 5) is 12.8. The van der Waals surface area contributed by atoms with E-state index in [0.717, 1.165) is 10.4 Å². The van der Waals surface area contributed by atoms with Crippen LogP contribution in [0.25, 0.3) is 0 Å². The van der Waals surface area contributed by atoms with E-state index in [4.69, 9.17) is 5.11 Å².